The van der Waals surface area contributed by atoms with E-state index in [-0.39, 0.29) is 0 Å². The molecule has 0 fully saturated rings. The van der Waals surface area contributed by atoms with Gasteiger partial charge < -0.3 is 11.1 Å². The molecule has 2 aromatic heterocycles. The Hall–Kier alpha value is -2.88. The van der Waals surface area contributed by atoms with Crippen LogP contribution in [-0.4, -0.2) is 9.97 Å². The highest BCUT2D eigenvalue weighted by atomic mass is 15.0. The molecule has 0 spiro atoms. The molecule has 98 valence electrons. The van der Waals surface area contributed by atoms with Crippen LogP contribution in [0.15, 0.2) is 67.0 Å². The number of hydrogen-bond acceptors (Lipinski definition) is 4. The number of nitrogens with two attached hydrogens (primary N) is 1. The molecule has 2 heterocycles. The average molecular weight is 262 g/mol. The van der Waals surface area contributed by atoms with Crippen molar-refractivity contribution in [3.05, 3.63) is 67.0 Å². The largest absolute Gasteiger partial charge is 0.384 e. The minimum absolute atomic E-state index is 0.511. The Morgan fingerprint density at radius 3 is 2.25 bits per heavy atom. The van der Waals surface area contributed by atoms with Crippen LogP contribution in [0.25, 0.3) is 11.1 Å². The Labute approximate surface area is 117 Å². The van der Waals surface area contributed by atoms with Crippen LogP contribution in [0.1, 0.15) is 0 Å². The van der Waals surface area contributed by atoms with Crippen molar-refractivity contribution in [2.45, 2.75) is 0 Å². The number of para-hydroxylation sites is 1. The van der Waals surface area contributed by atoms with E-state index in [4.69, 9.17) is 5.73 Å². The Morgan fingerprint density at radius 1 is 0.800 bits per heavy atom. The van der Waals surface area contributed by atoms with E-state index >= 15 is 0 Å². The second-order valence-corrected chi connectivity index (χ2v) is 4.39. The van der Waals surface area contributed by atoms with Crippen LogP contribution in [-0.2, 0) is 0 Å². The summed E-state index contributed by atoms with van der Waals surface area (Å²) in [5.74, 6) is 1.31. The van der Waals surface area contributed by atoms with Crippen molar-refractivity contribution in [1.29, 1.82) is 0 Å². The Bertz CT molecular complexity index is 710. The summed E-state index contributed by atoms with van der Waals surface area (Å²) in [5, 5.41) is 3.27. The van der Waals surface area contributed by atoms with Gasteiger partial charge in [0.2, 0.25) is 0 Å². The first-order valence-corrected chi connectivity index (χ1v) is 6.31. The maximum absolute atomic E-state index is 5.72. The van der Waals surface area contributed by atoms with Crippen molar-refractivity contribution in [2.24, 2.45) is 0 Å². The minimum atomic E-state index is 0.511. The quantitative estimate of drug-likeness (QED) is 0.758. The predicted molar refractivity (Wildman–Crippen MR) is 81.6 cm³/mol. The number of nitrogens with one attached hydrogen (secondary N) is 1. The molecule has 0 atom stereocenters. The number of benzene rings is 1. The van der Waals surface area contributed by atoms with Gasteiger partial charge in [-0.2, -0.15) is 0 Å². The molecular formula is C16H14N4. The SMILES string of the molecule is Nc1cc(-c2ccnc(Nc3ccccc3)c2)ccn1. The maximum Gasteiger partial charge on any atom is 0.130 e. The average Bonchev–Trinajstić information content (AvgIpc) is 2.49. The number of pyridine rings is 2. The molecule has 3 rings (SSSR count). The van der Waals surface area contributed by atoms with E-state index in [1.54, 1.807) is 12.4 Å². The Morgan fingerprint density at radius 2 is 1.50 bits per heavy atom. The highest BCUT2D eigenvalue weighted by Gasteiger charge is 2.01. The van der Waals surface area contributed by atoms with Gasteiger partial charge in [-0.05, 0) is 47.5 Å². The summed E-state index contributed by atoms with van der Waals surface area (Å²) in [4.78, 5) is 8.33. The van der Waals surface area contributed by atoms with E-state index < -0.39 is 0 Å². The van der Waals surface area contributed by atoms with Crippen LogP contribution in [0.4, 0.5) is 17.3 Å². The topological polar surface area (TPSA) is 63.8 Å². The molecule has 3 N–H and O–H groups in total. The van der Waals surface area contributed by atoms with Gasteiger partial charge in [0.15, 0.2) is 0 Å². The lowest BCUT2D eigenvalue weighted by molar-refractivity contribution is 1.30. The van der Waals surface area contributed by atoms with E-state index in [0.29, 0.717) is 5.82 Å². The van der Waals surface area contributed by atoms with Gasteiger partial charge in [0, 0.05) is 18.1 Å². The minimum Gasteiger partial charge on any atom is -0.384 e. The summed E-state index contributed by atoms with van der Waals surface area (Å²) in [6, 6.07) is 17.7. The molecule has 1 aromatic carbocycles. The highest BCUT2D eigenvalue weighted by Crippen LogP contribution is 2.23. The zero-order valence-corrected chi connectivity index (χ0v) is 10.8. The third kappa shape index (κ3) is 2.75. The first-order chi connectivity index (χ1) is 9.81. The molecule has 20 heavy (non-hydrogen) atoms. The zero-order chi connectivity index (χ0) is 13.8. The van der Waals surface area contributed by atoms with E-state index in [0.717, 1.165) is 22.6 Å². The summed E-state index contributed by atoms with van der Waals surface area (Å²) >= 11 is 0. The molecule has 3 aromatic rings. The van der Waals surface area contributed by atoms with Crippen LogP contribution in [0.3, 0.4) is 0 Å². The van der Waals surface area contributed by atoms with Crippen LogP contribution in [0, 0.1) is 0 Å². The van der Waals surface area contributed by atoms with Crippen LogP contribution in [0.2, 0.25) is 0 Å². The van der Waals surface area contributed by atoms with Crippen LogP contribution < -0.4 is 11.1 Å². The summed E-state index contributed by atoms with van der Waals surface area (Å²) < 4.78 is 0. The van der Waals surface area contributed by atoms with Gasteiger partial charge in [0.1, 0.15) is 11.6 Å². The van der Waals surface area contributed by atoms with Crippen molar-refractivity contribution in [3.8, 4) is 11.1 Å². The number of anilines is 3. The molecule has 0 bridgehead atoms. The molecule has 0 saturated carbocycles. The standard InChI is InChI=1S/C16H14N4/c17-15-10-12(6-8-18-15)13-7-9-19-16(11-13)20-14-4-2-1-3-5-14/h1-11H,(H2,17,18)(H,19,20). The molecule has 0 unspecified atom stereocenters. The Kier molecular flexibility index (Phi) is 3.29. The molecule has 4 heteroatoms. The van der Waals surface area contributed by atoms with Crippen molar-refractivity contribution >= 4 is 17.3 Å². The Balaban J connectivity index is 1.90. The number of nitrogen functional groups attached to an aromatic ring is 1. The fraction of sp³-hybridized carbons (Fsp3) is 0. The van der Waals surface area contributed by atoms with Gasteiger partial charge in [-0.15, -0.1) is 0 Å². The van der Waals surface area contributed by atoms with E-state index in [9.17, 15) is 0 Å². The van der Waals surface area contributed by atoms with Gasteiger partial charge >= 0.3 is 0 Å². The van der Waals surface area contributed by atoms with E-state index in [1.807, 2.05) is 54.6 Å². The molecule has 0 aliphatic heterocycles. The molecular weight excluding hydrogens is 248 g/mol. The lowest BCUT2D eigenvalue weighted by Gasteiger charge is -2.07. The zero-order valence-electron chi connectivity index (χ0n) is 10.8. The number of nitrogens with zero attached hydrogens (tertiary/aromatic N) is 2. The van der Waals surface area contributed by atoms with Crippen LogP contribution >= 0.6 is 0 Å². The maximum atomic E-state index is 5.72. The van der Waals surface area contributed by atoms with Gasteiger partial charge in [-0.3, -0.25) is 0 Å². The first-order valence-electron chi connectivity index (χ1n) is 6.31. The predicted octanol–water partition coefficient (Wildman–Crippen LogP) is 3.47. The fourth-order valence-electron chi connectivity index (χ4n) is 1.98. The first kappa shape index (κ1) is 12.2. The molecule has 0 aliphatic rings. The molecule has 4 nitrogen and oxygen atoms in total. The van der Waals surface area contributed by atoms with Crippen molar-refractivity contribution in [1.82, 2.24) is 9.97 Å². The number of hydrogen-bond donors (Lipinski definition) is 2. The fourth-order valence-corrected chi connectivity index (χ4v) is 1.98. The van der Waals surface area contributed by atoms with Crippen molar-refractivity contribution in [2.75, 3.05) is 11.1 Å². The van der Waals surface area contributed by atoms with Gasteiger partial charge in [0.25, 0.3) is 0 Å². The smallest absolute Gasteiger partial charge is 0.130 e. The molecule has 0 amide bonds. The van der Waals surface area contributed by atoms with Gasteiger partial charge in [-0.1, -0.05) is 18.2 Å². The summed E-state index contributed by atoms with van der Waals surface area (Å²) in [6.07, 6.45) is 3.48. The number of aromatic nitrogens is 2. The molecule has 0 radical (unpaired) electrons. The molecule has 0 aliphatic carbocycles. The lowest BCUT2D eigenvalue weighted by atomic mass is 10.1. The van der Waals surface area contributed by atoms with Gasteiger partial charge in [0.05, 0.1) is 0 Å². The summed E-state index contributed by atoms with van der Waals surface area (Å²) in [6.45, 7) is 0. The summed E-state index contributed by atoms with van der Waals surface area (Å²) in [7, 11) is 0. The van der Waals surface area contributed by atoms with Crippen LogP contribution in [0.5, 0.6) is 0 Å². The van der Waals surface area contributed by atoms with Crippen molar-refractivity contribution < 1.29 is 0 Å². The van der Waals surface area contributed by atoms with Crippen molar-refractivity contribution in [3.63, 3.8) is 0 Å². The second kappa shape index (κ2) is 5.40. The normalized spacial score (nSPS) is 10.2. The second-order valence-electron chi connectivity index (χ2n) is 4.39. The third-order valence-electron chi connectivity index (χ3n) is 2.92. The highest BCUT2D eigenvalue weighted by molar-refractivity contribution is 5.69. The number of rotatable bonds is 3. The van der Waals surface area contributed by atoms with E-state index in [1.165, 1.54) is 0 Å². The summed E-state index contributed by atoms with van der Waals surface area (Å²) in [5.41, 5.74) is 8.79. The monoisotopic (exact) mass is 262 g/mol. The lowest BCUT2D eigenvalue weighted by Crippen LogP contribution is -1.94. The van der Waals surface area contributed by atoms with Gasteiger partial charge in [-0.25, -0.2) is 9.97 Å². The molecule has 0 saturated heterocycles. The third-order valence-corrected chi connectivity index (χ3v) is 2.92. The van der Waals surface area contributed by atoms with E-state index in [2.05, 4.69) is 15.3 Å².